The van der Waals surface area contributed by atoms with E-state index in [1.807, 2.05) is 24.3 Å². The highest BCUT2D eigenvalue weighted by molar-refractivity contribution is 7.99. The Morgan fingerprint density at radius 3 is 2.35 bits per heavy atom. The lowest BCUT2D eigenvalue weighted by Crippen LogP contribution is -2.00. The minimum Gasteiger partial charge on any atom is -0.497 e. The van der Waals surface area contributed by atoms with Crippen LogP contribution < -0.4 is 4.74 Å². The Bertz CT molecular complexity index is 564. The first kappa shape index (κ1) is 14.9. The number of ketones is 1. The average Bonchev–Trinajstić information content (AvgIpc) is 2.48. The molecule has 0 spiro atoms. The summed E-state index contributed by atoms with van der Waals surface area (Å²) in [5, 5.41) is 0.647. The topological polar surface area (TPSA) is 26.3 Å². The molecule has 0 bridgehead atoms. The molecular formula is C16H15ClO2S. The Balaban J connectivity index is 1.82. The molecule has 4 heteroatoms. The van der Waals surface area contributed by atoms with E-state index in [4.69, 9.17) is 16.3 Å². The van der Waals surface area contributed by atoms with E-state index in [9.17, 15) is 4.79 Å². The Kier molecular flexibility index (Phi) is 5.50. The number of ether oxygens (including phenoxy) is 1. The first-order valence-corrected chi connectivity index (χ1v) is 7.61. The van der Waals surface area contributed by atoms with Crippen molar-refractivity contribution in [3.8, 4) is 5.75 Å². The standard InChI is InChI=1S/C16H15ClO2S/c1-19-14-6-8-15(9-7-14)20-11-10-16(18)12-2-4-13(17)5-3-12/h2-9H,10-11H2,1H3. The third-order valence-electron chi connectivity index (χ3n) is 2.82. The molecular weight excluding hydrogens is 292 g/mol. The average molecular weight is 307 g/mol. The monoisotopic (exact) mass is 306 g/mol. The van der Waals surface area contributed by atoms with Gasteiger partial charge >= 0.3 is 0 Å². The van der Waals surface area contributed by atoms with Gasteiger partial charge in [-0.25, -0.2) is 0 Å². The van der Waals surface area contributed by atoms with Crippen LogP contribution in [0.5, 0.6) is 5.75 Å². The molecule has 0 aliphatic carbocycles. The molecule has 0 fully saturated rings. The molecule has 0 saturated heterocycles. The lowest BCUT2D eigenvalue weighted by atomic mass is 10.1. The van der Waals surface area contributed by atoms with Gasteiger partial charge < -0.3 is 4.74 Å². The number of hydrogen-bond donors (Lipinski definition) is 0. The summed E-state index contributed by atoms with van der Waals surface area (Å²) >= 11 is 7.46. The molecule has 20 heavy (non-hydrogen) atoms. The molecule has 2 nitrogen and oxygen atoms in total. The van der Waals surface area contributed by atoms with Crippen LogP contribution in [0.4, 0.5) is 0 Å². The van der Waals surface area contributed by atoms with Crippen molar-refractivity contribution >= 4 is 29.1 Å². The van der Waals surface area contributed by atoms with Crippen LogP contribution in [0.15, 0.2) is 53.4 Å². The Hall–Kier alpha value is -1.45. The Morgan fingerprint density at radius 2 is 1.75 bits per heavy atom. The number of rotatable bonds is 6. The normalized spacial score (nSPS) is 10.3. The van der Waals surface area contributed by atoms with Crippen molar-refractivity contribution in [1.82, 2.24) is 0 Å². The largest absolute Gasteiger partial charge is 0.497 e. The number of carbonyl (C=O) groups is 1. The molecule has 0 heterocycles. The Morgan fingerprint density at radius 1 is 1.10 bits per heavy atom. The fourth-order valence-electron chi connectivity index (χ4n) is 1.71. The predicted octanol–water partition coefficient (Wildman–Crippen LogP) is 4.71. The molecule has 2 aromatic rings. The third-order valence-corrected chi connectivity index (χ3v) is 4.09. The van der Waals surface area contributed by atoms with Crippen LogP contribution in [0, 0.1) is 0 Å². The van der Waals surface area contributed by atoms with Gasteiger partial charge in [-0.1, -0.05) is 11.6 Å². The highest BCUT2D eigenvalue weighted by Gasteiger charge is 2.06. The zero-order valence-corrected chi connectivity index (χ0v) is 12.7. The maximum Gasteiger partial charge on any atom is 0.163 e. The molecule has 0 aliphatic heterocycles. The molecule has 0 aromatic heterocycles. The van der Waals surface area contributed by atoms with Crippen LogP contribution in [-0.4, -0.2) is 18.6 Å². The highest BCUT2D eigenvalue weighted by atomic mass is 35.5. The number of carbonyl (C=O) groups excluding carboxylic acids is 1. The molecule has 0 radical (unpaired) electrons. The molecule has 2 rings (SSSR count). The first-order chi connectivity index (χ1) is 9.69. The van der Waals surface area contributed by atoms with Crippen molar-refractivity contribution < 1.29 is 9.53 Å². The maximum absolute atomic E-state index is 12.0. The second kappa shape index (κ2) is 7.36. The van der Waals surface area contributed by atoms with E-state index in [0.29, 0.717) is 17.0 Å². The fraction of sp³-hybridized carbons (Fsp3) is 0.188. The van der Waals surface area contributed by atoms with Crippen LogP contribution >= 0.6 is 23.4 Å². The molecule has 0 N–H and O–H groups in total. The summed E-state index contributed by atoms with van der Waals surface area (Å²) in [6, 6.07) is 14.8. The smallest absolute Gasteiger partial charge is 0.163 e. The van der Waals surface area contributed by atoms with E-state index in [-0.39, 0.29) is 5.78 Å². The summed E-state index contributed by atoms with van der Waals surface area (Å²) in [4.78, 5) is 13.1. The molecule has 2 aromatic carbocycles. The van der Waals surface area contributed by atoms with Gasteiger partial charge in [0.25, 0.3) is 0 Å². The van der Waals surface area contributed by atoms with Crippen molar-refractivity contribution in [2.75, 3.05) is 12.9 Å². The summed E-state index contributed by atoms with van der Waals surface area (Å²) in [5.74, 6) is 1.74. The SMILES string of the molecule is COc1ccc(SCCC(=O)c2ccc(Cl)cc2)cc1. The highest BCUT2D eigenvalue weighted by Crippen LogP contribution is 2.22. The van der Waals surface area contributed by atoms with Gasteiger partial charge in [-0.3, -0.25) is 4.79 Å². The van der Waals surface area contributed by atoms with E-state index in [2.05, 4.69) is 0 Å². The lowest BCUT2D eigenvalue weighted by Gasteiger charge is -2.04. The van der Waals surface area contributed by atoms with Gasteiger partial charge in [0.2, 0.25) is 0 Å². The van der Waals surface area contributed by atoms with Crippen molar-refractivity contribution in [3.63, 3.8) is 0 Å². The van der Waals surface area contributed by atoms with E-state index in [0.717, 1.165) is 16.4 Å². The number of thioether (sulfide) groups is 1. The van der Waals surface area contributed by atoms with Gasteiger partial charge in [0.15, 0.2) is 5.78 Å². The van der Waals surface area contributed by atoms with Gasteiger partial charge in [-0.15, -0.1) is 11.8 Å². The van der Waals surface area contributed by atoms with E-state index >= 15 is 0 Å². The van der Waals surface area contributed by atoms with Crippen LogP contribution in [-0.2, 0) is 0 Å². The zero-order valence-electron chi connectivity index (χ0n) is 11.1. The zero-order chi connectivity index (χ0) is 14.4. The maximum atomic E-state index is 12.0. The second-order valence-electron chi connectivity index (χ2n) is 4.20. The Labute approximate surface area is 128 Å². The van der Waals surface area contributed by atoms with Gasteiger partial charge in [-0.2, -0.15) is 0 Å². The first-order valence-electron chi connectivity index (χ1n) is 6.24. The number of methoxy groups -OCH3 is 1. The van der Waals surface area contributed by atoms with Crippen molar-refractivity contribution in [1.29, 1.82) is 0 Å². The molecule has 0 saturated carbocycles. The fourth-order valence-corrected chi connectivity index (χ4v) is 2.69. The van der Waals surface area contributed by atoms with E-state index < -0.39 is 0 Å². The van der Waals surface area contributed by atoms with Crippen LogP contribution in [0.2, 0.25) is 5.02 Å². The van der Waals surface area contributed by atoms with E-state index in [1.165, 1.54) is 0 Å². The van der Waals surface area contributed by atoms with Crippen LogP contribution in [0.1, 0.15) is 16.8 Å². The lowest BCUT2D eigenvalue weighted by molar-refractivity contribution is 0.0989. The van der Waals surface area contributed by atoms with Crippen molar-refractivity contribution in [2.45, 2.75) is 11.3 Å². The quantitative estimate of drug-likeness (QED) is 0.571. The minimum absolute atomic E-state index is 0.141. The van der Waals surface area contributed by atoms with Gasteiger partial charge in [0.05, 0.1) is 7.11 Å². The van der Waals surface area contributed by atoms with E-state index in [1.54, 1.807) is 43.1 Å². The van der Waals surface area contributed by atoms with Crippen molar-refractivity contribution in [2.24, 2.45) is 0 Å². The number of benzene rings is 2. The van der Waals surface area contributed by atoms with Gasteiger partial charge in [0.1, 0.15) is 5.75 Å². The summed E-state index contributed by atoms with van der Waals surface area (Å²) in [5.41, 5.74) is 0.713. The summed E-state index contributed by atoms with van der Waals surface area (Å²) in [6.45, 7) is 0. The molecule has 0 unspecified atom stereocenters. The number of hydrogen-bond acceptors (Lipinski definition) is 3. The molecule has 0 amide bonds. The summed E-state index contributed by atoms with van der Waals surface area (Å²) < 4.78 is 5.11. The number of halogens is 1. The van der Waals surface area contributed by atoms with Gasteiger partial charge in [-0.05, 0) is 48.5 Å². The molecule has 0 aliphatic rings. The van der Waals surface area contributed by atoms with Crippen LogP contribution in [0.3, 0.4) is 0 Å². The molecule has 104 valence electrons. The minimum atomic E-state index is 0.141. The molecule has 0 atom stereocenters. The summed E-state index contributed by atoms with van der Waals surface area (Å²) in [6.07, 6.45) is 0.512. The predicted molar refractivity (Wildman–Crippen MR) is 84.1 cm³/mol. The van der Waals surface area contributed by atoms with Gasteiger partial charge in [0, 0.05) is 27.7 Å². The van der Waals surface area contributed by atoms with Crippen LogP contribution in [0.25, 0.3) is 0 Å². The van der Waals surface area contributed by atoms with Crippen molar-refractivity contribution in [3.05, 3.63) is 59.1 Å². The summed E-state index contributed by atoms with van der Waals surface area (Å²) in [7, 11) is 1.65. The third kappa shape index (κ3) is 4.29. The second-order valence-corrected chi connectivity index (χ2v) is 5.81. The number of Topliss-reactive ketones (excluding diaryl/α,β-unsaturated/α-hetero) is 1.